The van der Waals surface area contributed by atoms with Crippen molar-refractivity contribution >= 4 is 40.6 Å². The van der Waals surface area contributed by atoms with Gasteiger partial charge in [-0.05, 0) is 56.5 Å². The molecule has 0 saturated heterocycles. The molecule has 1 amide bonds. The van der Waals surface area contributed by atoms with E-state index in [2.05, 4.69) is 30.2 Å². The van der Waals surface area contributed by atoms with Gasteiger partial charge in [0.2, 0.25) is 5.95 Å². The number of carbonyl (C=O) groups is 3. The van der Waals surface area contributed by atoms with Crippen LogP contribution in [0, 0.1) is 0 Å². The zero-order chi connectivity index (χ0) is 28.5. The monoisotopic (exact) mass is 540 g/mol. The Morgan fingerprint density at radius 3 is 2.46 bits per heavy atom. The minimum absolute atomic E-state index is 0.0512. The molecule has 8 N–H and O–H groups in total. The maximum atomic E-state index is 12.7. The number of benzene rings is 1. The summed E-state index contributed by atoms with van der Waals surface area (Å²) in [5.41, 5.74) is 12.6. The third kappa shape index (κ3) is 7.70. The van der Waals surface area contributed by atoms with Crippen molar-refractivity contribution in [3.05, 3.63) is 52.1 Å². The average molecular weight is 541 g/mol. The molecular formula is C25H32N8O6. The molecule has 3 rings (SSSR count). The first-order valence-electron chi connectivity index (χ1n) is 12.5. The fourth-order valence-electron chi connectivity index (χ4n) is 4.16. The van der Waals surface area contributed by atoms with Gasteiger partial charge in [-0.25, -0.2) is 14.8 Å². The van der Waals surface area contributed by atoms with E-state index in [9.17, 15) is 24.3 Å². The van der Waals surface area contributed by atoms with Crippen LogP contribution in [0.5, 0.6) is 0 Å². The first-order chi connectivity index (χ1) is 18.6. The van der Waals surface area contributed by atoms with Crippen LogP contribution in [0.2, 0.25) is 0 Å². The Morgan fingerprint density at radius 2 is 1.85 bits per heavy atom. The van der Waals surface area contributed by atoms with Crippen LogP contribution in [-0.4, -0.2) is 66.6 Å². The number of aromatic amines is 1. The molecule has 1 aromatic carbocycles. The molecule has 0 bridgehead atoms. The van der Waals surface area contributed by atoms with Crippen LogP contribution in [0.15, 0.2) is 35.3 Å². The van der Waals surface area contributed by atoms with Crippen molar-refractivity contribution in [3.63, 3.8) is 0 Å². The molecule has 0 aliphatic heterocycles. The summed E-state index contributed by atoms with van der Waals surface area (Å²) in [6, 6.07) is 5.32. The summed E-state index contributed by atoms with van der Waals surface area (Å²) in [6.45, 7) is 2.87. The van der Waals surface area contributed by atoms with E-state index >= 15 is 0 Å². The third-order valence-corrected chi connectivity index (χ3v) is 6.19. The standard InChI is InChI=1S/C25H32N8O6/c1-2-16(4-3-11-26)33(13-15-12-28-21-20(29-15)23(37)32-25(27)31-21)17-7-5-14(6-8-17)22(36)30-18(24(38)39)9-10-19(34)35/h5-8,12,16,18H,2-4,9-11,13,26H2,1H3,(H,30,36)(H,34,35)(H,38,39)(H3,27,28,31,32,37)/t16?,18-/m0/s1. The number of hydrogen-bond acceptors (Lipinski definition) is 10. The Balaban J connectivity index is 1.87. The molecule has 1 unspecified atom stereocenters. The van der Waals surface area contributed by atoms with Gasteiger partial charge in [-0.3, -0.25) is 14.4 Å². The minimum Gasteiger partial charge on any atom is -0.481 e. The van der Waals surface area contributed by atoms with Gasteiger partial charge in [0.25, 0.3) is 5.91 Å². The number of nitrogens with zero attached hydrogens (tertiary/aromatic N) is 4. The number of hydrogen-bond donors (Lipinski definition) is 6. The maximum Gasteiger partial charge on any atom is 0.326 e. The van der Waals surface area contributed by atoms with E-state index in [0.29, 0.717) is 18.8 Å². The van der Waals surface area contributed by atoms with Crippen LogP contribution in [0.4, 0.5) is 11.6 Å². The van der Waals surface area contributed by atoms with Gasteiger partial charge in [0.1, 0.15) is 6.04 Å². The highest BCUT2D eigenvalue weighted by atomic mass is 16.4. The van der Waals surface area contributed by atoms with E-state index in [1.807, 2.05) is 6.92 Å². The van der Waals surface area contributed by atoms with Crippen molar-refractivity contribution < 1.29 is 24.6 Å². The summed E-state index contributed by atoms with van der Waals surface area (Å²) in [6.07, 6.45) is 3.28. The zero-order valence-electron chi connectivity index (χ0n) is 21.5. The van der Waals surface area contributed by atoms with Gasteiger partial charge in [0, 0.05) is 23.7 Å². The summed E-state index contributed by atoms with van der Waals surface area (Å²) >= 11 is 0. The lowest BCUT2D eigenvalue weighted by molar-refractivity contribution is -0.140. The number of fused-ring (bicyclic) bond motifs is 1. The Hall–Kier alpha value is -4.59. The first kappa shape index (κ1) is 29.0. The number of rotatable bonds is 14. The Kier molecular flexibility index (Phi) is 9.86. The van der Waals surface area contributed by atoms with Gasteiger partial charge in [-0.15, -0.1) is 0 Å². The lowest BCUT2D eigenvalue weighted by Crippen LogP contribution is -2.41. The number of H-pyrrole nitrogens is 1. The average Bonchev–Trinajstić information content (AvgIpc) is 2.90. The van der Waals surface area contributed by atoms with Crippen LogP contribution < -0.4 is 27.2 Å². The fourth-order valence-corrected chi connectivity index (χ4v) is 4.16. The zero-order valence-corrected chi connectivity index (χ0v) is 21.5. The van der Waals surface area contributed by atoms with Crippen molar-refractivity contribution in [2.45, 2.75) is 57.7 Å². The van der Waals surface area contributed by atoms with Gasteiger partial charge in [-0.1, -0.05) is 6.92 Å². The highest BCUT2D eigenvalue weighted by Gasteiger charge is 2.23. The number of aliphatic carboxylic acids is 2. The molecule has 0 radical (unpaired) electrons. The topological polar surface area (TPSA) is 231 Å². The predicted octanol–water partition coefficient (Wildman–Crippen LogP) is 0.867. The molecule has 0 fully saturated rings. The highest BCUT2D eigenvalue weighted by Crippen LogP contribution is 2.24. The van der Waals surface area contributed by atoms with Crippen molar-refractivity contribution in [1.29, 1.82) is 0 Å². The SMILES string of the molecule is CCC(CCCN)N(Cc1cnc2[nH]c(N)nc(=O)c2n1)c1ccc(C(=O)N[C@@H](CCC(=O)O)C(=O)O)cc1. The molecule has 3 aromatic rings. The molecule has 2 aromatic heterocycles. The largest absolute Gasteiger partial charge is 0.481 e. The van der Waals surface area contributed by atoms with E-state index in [-0.39, 0.29) is 41.6 Å². The Bertz CT molecular complexity index is 1380. The quantitative estimate of drug-likeness (QED) is 0.167. The predicted molar refractivity (Wildman–Crippen MR) is 143 cm³/mol. The number of carbonyl (C=O) groups excluding carboxylic acids is 1. The molecule has 14 heteroatoms. The normalized spacial score (nSPS) is 12.6. The summed E-state index contributed by atoms with van der Waals surface area (Å²) in [7, 11) is 0. The number of nitrogens with two attached hydrogens (primary N) is 2. The number of aromatic nitrogens is 4. The number of carboxylic acid groups (broad SMARTS) is 2. The number of carboxylic acids is 2. The minimum atomic E-state index is -1.33. The molecule has 0 saturated carbocycles. The van der Waals surface area contributed by atoms with Crippen molar-refractivity contribution in [2.24, 2.45) is 5.73 Å². The van der Waals surface area contributed by atoms with E-state index in [0.717, 1.165) is 24.9 Å². The molecular weight excluding hydrogens is 508 g/mol. The number of amides is 1. The second-order valence-corrected chi connectivity index (χ2v) is 8.95. The van der Waals surface area contributed by atoms with Crippen molar-refractivity contribution in [3.8, 4) is 0 Å². The lowest BCUT2D eigenvalue weighted by Gasteiger charge is -2.33. The fraction of sp³-hybridized carbons (Fsp3) is 0.400. The highest BCUT2D eigenvalue weighted by molar-refractivity contribution is 5.97. The van der Waals surface area contributed by atoms with E-state index in [1.165, 1.54) is 0 Å². The van der Waals surface area contributed by atoms with Gasteiger partial charge >= 0.3 is 17.5 Å². The molecule has 2 atom stereocenters. The smallest absolute Gasteiger partial charge is 0.326 e. The van der Waals surface area contributed by atoms with Crippen LogP contribution in [-0.2, 0) is 16.1 Å². The van der Waals surface area contributed by atoms with Gasteiger partial charge in [-0.2, -0.15) is 4.98 Å². The first-order valence-corrected chi connectivity index (χ1v) is 12.5. The van der Waals surface area contributed by atoms with Crippen molar-refractivity contribution in [2.75, 3.05) is 17.2 Å². The lowest BCUT2D eigenvalue weighted by atomic mass is 10.0. The molecule has 2 heterocycles. The summed E-state index contributed by atoms with van der Waals surface area (Å²) in [4.78, 5) is 64.4. The second-order valence-electron chi connectivity index (χ2n) is 8.95. The molecule has 0 spiro atoms. The van der Waals surface area contributed by atoms with Crippen LogP contribution in [0.1, 0.15) is 55.1 Å². The molecule has 208 valence electrons. The summed E-state index contributed by atoms with van der Waals surface area (Å²) in [5, 5.41) is 20.5. The Morgan fingerprint density at radius 1 is 1.13 bits per heavy atom. The van der Waals surface area contributed by atoms with E-state index in [1.54, 1.807) is 30.5 Å². The third-order valence-electron chi connectivity index (χ3n) is 6.19. The summed E-state index contributed by atoms with van der Waals surface area (Å²) < 4.78 is 0. The van der Waals surface area contributed by atoms with E-state index in [4.69, 9.17) is 16.6 Å². The molecule has 39 heavy (non-hydrogen) atoms. The molecule has 14 nitrogen and oxygen atoms in total. The van der Waals surface area contributed by atoms with Crippen molar-refractivity contribution in [1.82, 2.24) is 25.3 Å². The van der Waals surface area contributed by atoms with Gasteiger partial charge in [0.05, 0.1) is 18.4 Å². The van der Waals surface area contributed by atoms with E-state index < -0.39 is 29.4 Å². The molecule has 0 aliphatic carbocycles. The van der Waals surface area contributed by atoms with Crippen LogP contribution in [0.3, 0.4) is 0 Å². The second kappa shape index (κ2) is 13.3. The number of nitrogen functional groups attached to an aromatic ring is 1. The van der Waals surface area contributed by atoms with Gasteiger partial charge in [0.15, 0.2) is 11.2 Å². The number of anilines is 2. The summed E-state index contributed by atoms with van der Waals surface area (Å²) in [5.74, 6) is -3.15. The van der Waals surface area contributed by atoms with Crippen LogP contribution in [0.25, 0.3) is 11.2 Å². The maximum absolute atomic E-state index is 12.7. The Labute approximate surface area is 223 Å². The number of nitrogens with one attached hydrogen (secondary N) is 2. The van der Waals surface area contributed by atoms with Gasteiger partial charge < -0.3 is 36.9 Å². The van der Waals surface area contributed by atoms with Crippen LogP contribution >= 0.6 is 0 Å². The molecule has 0 aliphatic rings.